The molecular weight excluding hydrogens is 384 g/mol. The Bertz CT molecular complexity index is 853. The number of aliphatic carboxylic acids is 1. The van der Waals surface area contributed by atoms with Crippen molar-refractivity contribution >= 4 is 29.3 Å². The highest BCUT2D eigenvalue weighted by atomic mass is 16.4. The lowest BCUT2D eigenvalue weighted by Crippen LogP contribution is -2.50. The molecule has 0 aromatic heterocycles. The summed E-state index contributed by atoms with van der Waals surface area (Å²) in [6.07, 6.45) is 5.23. The van der Waals surface area contributed by atoms with Gasteiger partial charge < -0.3 is 10.4 Å². The standard InChI is InChI=1S/C22H30N4O4/c1-22(2,3)23-18(27)13-25-17-12-8-7-11-16(17)20(15-9-5-4-6-10-15)24-26(21(25)30)14-19(28)29/h7-8,11-12,15H,4-6,9-10,13-14H2,1-3H3,(H,23,27)(H,28,29). The molecule has 3 amide bonds. The zero-order valence-electron chi connectivity index (χ0n) is 17.9. The monoisotopic (exact) mass is 414 g/mol. The van der Waals surface area contributed by atoms with Crippen LogP contribution in [0.4, 0.5) is 10.5 Å². The highest BCUT2D eigenvalue weighted by molar-refractivity contribution is 6.13. The molecule has 2 N–H and O–H groups in total. The number of para-hydroxylation sites is 1. The summed E-state index contributed by atoms with van der Waals surface area (Å²) in [6, 6.07) is 6.77. The third-order valence-electron chi connectivity index (χ3n) is 5.24. The van der Waals surface area contributed by atoms with E-state index in [9.17, 15) is 19.5 Å². The van der Waals surface area contributed by atoms with E-state index in [1.165, 1.54) is 11.3 Å². The normalized spacial score (nSPS) is 17.8. The molecule has 1 aromatic rings. The van der Waals surface area contributed by atoms with Gasteiger partial charge in [0, 0.05) is 17.0 Å². The van der Waals surface area contributed by atoms with Gasteiger partial charge in [0.1, 0.15) is 13.1 Å². The summed E-state index contributed by atoms with van der Waals surface area (Å²) in [7, 11) is 0. The average Bonchev–Trinajstić information content (AvgIpc) is 2.78. The number of carbonyl (C=O) groups excluding carboxylic acids is 2. The molecule has 1 heterocycles. The molecule has 0 atom stereocenters. The van der Waals surface area contributed by atoms with Crippen molar-refractivity contribution in [2.45, 2.75) is 58.4 Å². The van der Waals surface area contributed by atoms with E-state index in [1.54, 1.807) is 6.07 Å². The minimum Gasteiger partial charge on any atom is -0.480 e. The predicted molar refractivity (Wildman–Crippen MR) is 115 cm³/mol. The first-order valence-electron chi connectivity index (χ1n) is 10.5. The van der Waals surface area contributed by atoms with E-state index in [2.05, 4.69) is 10.4 Å². The molecule has 162 valence electrons. The van der Waals surface area contributed by atoms with Crippen molar-refractivity contribution < 1.29 is 19.5 Å². The Morgan fingerprint density at radius 1 is 1.13 bits per heavy atom. The van der Waals surface area contributed by atoms with Crippen LogP contribution in [0.1, 0.15) is 58.4 Å². The number of carbonyl (C=O) groups is 3. The SMILES string of the molecule is CC(C)(C)NC(=O)CN1C(=O)N(CC(=O)O)N=C(C2CCCCC2)c2ccccc21. The topological polar surface area (TPSA) is 102 Å². The van der Waals surface area contributed by atoms with Crippen molar-refractivity contribution in [2.24, 2.45) is 11.0 Å². The summed E-state index contributed by atoms with van der Waals surface area (Å²) in [5.74, 6) is -1.31. The molecule has 0 radical (unpaired) electrons. The number of rotatable bonds is 5. The first kappa shape index (κ1) is 21.8. The molecule has 8 heteroatoms. The maximum atomic E-state index is 13.3. The summed E-state index contributed by atoms with van der Waals surface area (Å²) in [6.45, 7) is 4.83. The molecule has 30 heavy (non-hydrogen) atoms. The molecule has 8 nitrogen and oxygen atoms in total. The van der Waals surface area contributed by atoms with Crippen LogP contribution >= 0.6 is 0 Å². The quantitative estimate of drug-likeness (QED) is 0.772. The number of hydrogen-bond acceptors (Lipinski definition) is 4. The van der Waals surface area contributed by atoms with Crippen molar-refractivity contribution in [1.29, 1.82) is 0 Å². The zero-order valence-corrected chi connectivity index (χ0v) is 17.9. The van der Waals surface area contributed by atoms with Crippen LogP contribution in [-0.2, 0) is 9.59 Å². The second-order valence-corrected chi connectivity index (χ2v) is 8.96. The van der Waals surface area contributed by atoms with E-state index in [-0.39, 0.29) is 18.4 Å². The lowest BCUT2D eigenvalue weighted by atomic mass is 9.83. The van der Waals surface area contributed by atoms with Crippen LogP contribution in [0, 0.1) is 5.92 Å². The molecule has 0 unspecified atom stereocenters. The average molecular weight is 415 g/mol. The van der Waals surface area contributed by atoms with Gasteiger partial charge in [0.05, 0.1) is 11.4 Å². The smallest absolute Gasteiger partial charge is 0.345 e. The minimum absolute atomic E-state index is 0.160. The number of nitrogens with zero attached hydrogens (tertiary/aromatic N) is 3. The van der Waals surface area contributed by atoms with Crippen molar-refractivity contribution in [3.05, 3.63) is 29.8 Å². The third kappa shape index (κ3) is 5.17. The number of hydrazone groups is 1. The molecule has 1 fully saturated rings. The van der Waals surface area contributed by atoms with Crippen LogP contribution in [0.3, 0.4) is 0 Å². The van der Waals surface area contributed by atoms with Gasteiger partial charge >= 0.3 is 12.0 Å². The van der Waals surface area contributed by atoms with Crippen LogP contribution < -0.4 is 10.2 Å². The summed E-state index contributed by atoms with van der Waals surface area (Å²) in [5.41, 5.74) is 1.66. The number of anilines is 1. The van der Waals surface area contributed by atoms with Crippen molar-refractivity contribution in [1.82, 2.24) is 10.3 Å². The zero-order chi connectivity index (χ0) is 21.9. The Morgan fingerprint density at radius 2 is 1.80 bits per heavy atom. The molecular formula is C22H30N4O4. The van der Waals surface area contributed by atoms with Crippen LogP contribution in [0.15, 0.2) is 29.4 Å². The Hall–Kier alpha value is -2.90. The first-order chi connectivity index (χ1) is 14.2. The number of carboxylic acids is 1. The summed E-state index contributed by atoms with van der Waals surface area (Å²) in [5, 5.41) is 17.7. The second-order valence-electron chi connectivity index (χ2n) is 8.96. The van der Waals surface area contributed by atoms with Crippen LogP contribution in [-0.4, -0.2) is 52.4 Å². The van der Waals surface area contributed by atoms with E-state index in [1.807, 2.05) is 39.0 Å². The molecule has 0 spiro atoms. The molecule has 1 saturated carbocycles. The molecule has 1 aliphatic heterocycles. The van der Waals surface area contributed by atoms with Crippen LogP contribution in [0.25, 0.3) is 0 Å². The molecule has 3 rings (SSSR count). The van der Waals surface area contributed by atoms with Gasteiger partial charge in [0.15, 0.2) is 0 Å². The van der Waals surface area contributed by atoms with Crippen molar-refractivity contribution in [2.75, 3.05) is 18.0 Å². The number of fused-ring (bicyclic) bond motifs is 1. The number of amides is 3. The van der Waals surface area contributed by atoms with E-state index in [0.29, 0.717) is 5.69 Å². The maximum Gasteiger partial charge on any atom is 0.345 e. The van der Waals surface area contributed by atoms with Crippen LogP contribution in [0.5, 0.6) is 0 Å². The lowest BCUT2D eigenvalue weighted by Gasteiger charge is -2.27. The minimum atomic E-state index is -1.15. The number of benzene rings is 1. The fourth-order valence-corrected chi connectivity index (χ4v) is 4.06. The van der Waals surface area contributed by atoms with Crippen molar-refractivity contribution in [3.63, 3.8) is 0 Å². The molecule has 0 bridgehead atoms. The van der Waals surface area contributed by atoms with E-state index in [4.69, 9.17) is 0 Å². The van der Waals surface area contributed by atoms with Gasteiger partial charge in [0.2, 0.25) is 5.91 Å². The number of nitrogens with one attached hydrogen (secondary N) is 1. The van der Waals surface area contributed by atoms with Crippen LogP contribution in [0.2, 0.25) is 0 Å². The third-order valence-corrected chi connectivity index (χ3v) is 5.24. The Kier molecular flexibility index (Phi) is 6.43. The maximum absolute atomic E-state index is 13.3. The predicted octanol–water partition coefficient (Wildman–Crippen LogP) is 3.21. The van der Waals surface area contributed by atoms with Gasteiger partial charge in [0.25, 0.3) is 0 Å². The fourth-order valence-electron chi connectivity index (χ4n) is 4.06. The van der Waals surface area contributed by atoms with E-state index in [0.717, 1.165) is 42.0 Å². The number of urea groups is 1. The lowest BCUT2D eigenvalue weighted by molar-refractivity contribution is -0.137. The molecule has 1 aromatic carbocycles. The van der Waals surface area contributed by atoms with Gasteiger partial charge in [-0.1, -0.05) is 37.5 Å². The molecule has 0 saturated heterocycles. The Morgan fingerprint density at radius 3 is 2.43 bits per heavy atom. The summed E-state index contributed by atoms with van der Waals surface area (Å²) in [4.78, 5) is 38.7. The van der Waals surface area contributed by atoms with Crippen molar-refractivity contribution in [3.8, 4) is 0 Å². The fraction of sp³-hybridized carbons (Fsp3) is 0.545. The highest BCUT2D eigenvalue weighted by Gasteiger charge is 2.35. The van der Waals surface area contributed by atoms with Gasteiger partial charge in [-0.2, -0.15) is 5.10 Å². The first-order valence-corrected chi connectivity index (χ1v) is 10.5. The van der Waals surface area contributed by atoms with E-state index < -0.39 is 24.1 Å². The highest BCUT2D eigenvalue weighted by Crippen LogP contribution is 2.34. The van der Waals surface area contributed by atoms with E-state index >= 15 is 0 Å². The number of hydrogen-bond donors (Lipinski definition) is 2. The number of carboxylic acid groups (broad SMARTS) is 1. The summed E-state index contributed by atoms with van der Waals surface area (Å²) >= 11 is 0. The van der Waals surface area contributed by atoms with Gasteiger partial charge in [-0.15, -0.1) is 0 Å². The molecule has 1 aliphatic carbocycles. The second kappa shape index (κ2) is 8.85. The Labute approximate surface area is 176 Å². The largest absolute Gasteiger partial charge is 0.480 e. The Balaban J connectivity index is 2.03. The summed E-state index contributed by atoms with van der Waals surface area (Å²) < 4.78 is 0. The molecule has 2 aliphatic rings. The van der Waals surface area contributed by atoms with Gasteiger partial charge in [-0.25, -0.2) is 9.80 Å². The van der Waals surface area contributed by atoms with Gasteiger partial charge in [-0.3, -0.25) is 14.5 Å². The van der Waals surface area contributed by atoms with Gasteiger partial charge in [-0.05, 0) is 39.7 Å².